The van der Waals surface area contributed by atoms with Crippen molar-refractivity contribution < 1.29 is 9.59 Å². The Kier molecular flexibility index (Phi) is 3.28. The highest BCUT2D eigenvalue weighted by Crippen LogP contribution is 2.29. The van der Waals surface area contributed by atoms with Crippen molar-refractivity contribution in [1.82, 2.24) is 0 Å². The number of amides is 1. The van der Waals surface area contributed by atoms with E-state index < -0.39 is 5.92 Å². The average Bonchev–Trinajstić information content (AvgIpc) is 2.76. The summed E-state index contributed by atoms with van der Waals surface area (Å²) in [5.41, 5.74) is 2.14. The van der Waals surface area contributed by atoms with Crippen LogP contribution in [0.1, 0.15) is 15.9 Å². The van der Waals surface area contributed by atoms with Gasteiger partial charge in [-0.3, -0.25) is 9.59 Å². The summed E-state index contributed by atoms with van der Waals surface area (Å²) >= 11 is 5.92. The van der Waals surface area contributed by atoms with E-state index in [2.05, 4.69) is 5.32 Å². The zero-order chi connectivity index (χ0) is 14.1. The Morgan fingerprint density at radius 1 is 1.15 bits per heavy atom. The Bertz CT molecular complexity index is 682. The first-order chi connectivity index (χ1) is 9.65. The zero-order valence-electron chi connectivity index (χ0n) is 10.6. The second kappa shape index (κ2) is 5.10. The van der Waals surface area contributed by atoms with Crippen LogP contribution in [0.25, 0.3) is 0 Å². The minimum absolute atomic E-state index is 0.134. The molecule has 3 nitrogen and oxygen atoms in total. The van der Waals surface area contributed by atoms with E-state index in [4.69, 9.17) is 11.6 Å². The molecule has 0 bridgehead atoms. The minimum atomic E-state index is -0.663. The van der Waals surface area contributed by atoms with Crippen LogP contribution in [0.3, 0.4) is 0 Å². The van der Waals surface area contributed by atoms with Crippen LogP contribution >= 0.6 is 11.6 Å². The SMILES string of the molecule is O=C(Nc1ccccc1)C1Cc2cc(Cl)ccc2C1=O. The Hall–Kier alpha value is -2.13. The first-order valence-corrected chi connectivity index (χ1v) is 6.71. The Morgan fingerprint density at radius 3 is 2.65 bits per heavy atom. The van der Waals surface area contributed by atoms with E-state index in [0.29, 0.717) is 22.7 Å². The van der Waals surface area contributed by atoms with Crippen molar-refractivity contribution in [1.29, 1.82) is 0 Å². The maximum Gasteiger partial charge on any atom is 0.235 e. The van der Waals surface area contributed by atoms with Crippen molar-refractivity contribution in [3.63, 3.8) is 0 Å². The maximum atomic E-state index is 12.2. The number of Topliss-reactive ketones (excluding diaryl/α,β-unsaturated/α-hetero) is 1. The third-order valence-corrected chi connectivity index (χ3v) is 3.67. The number of hydrogen-bond acceptors (Lipinski definition) is 2. The Morgan fingerprint density at radius 2 is 1.90 bits per heavy atom. The third-order valence-electron chi connectivity index (χ3n) is 3.43. The Balaban J connectivity index is 1.80. The fourth-order valence-electron chi connectivity index (χ4n) is 2.43. The second-order valence-corrected chi connectivity index (χ2v) is 5.21. The molecule has 1 unspecified atom stereocenters. The highest BCUT2D eigenvalue weighted by molar-refractivity contribution is 6.31. The monoisotopic (exact) mass is 285 g/mol. The molecule has 0 saturated carbocycles. The topological polar surface area (TPSA) is 46.2 Å². The van der Waals surface area contributed by atoms with Gasteiger partial charge in [0.2, 0.25) is 5.91 Å². The van der Waals surface area contributed by atoms with E-state index in [9.17, 15) is 9.59 Å². The van der Waals surface area contributed by atoms with Crippen molar-refractivity contribution in [2.45, 2.75) is 6.42 Å². The van der Waals surface area contributed by atoms with E-state index in [1.165, 1.54) is 0 Å². The van der Waals surface area contributed by atoms with Crippen LogP contribution in [0.5, 0.6) is 0 Å². The summed E-state index contributed by atoms with van der Waals surface area (Å²) in [6.45, 7) is 0. The molecule has 3 rings (SSSR count). The molecule has 0 aliphatic heterocycles. The predicted octanol–water partition coefficient (Wildman–Crippen LogP) is 3.33. The van der Waals surface area contributed by atoms with E-state index in [-0.39, 0.29) is 11.7 Å². The number of benzene rings is 2. The molecule has 0 radical (unpaired) electrons. The summed E-state index contributed by atoms with van der Waals surface area (Å²) < 4.78 is 0. The zero-order valence-corrected chi connectivity index (χ0v) is 11.4. The number of anilines is 1. The first kappa shape index (κ1) is 12.9. The van der Waals surface area contributed by atoms with Crippen LogP contribution in [0.4, 0.5) is 5.69 Å². The van der Waals surface area contributed by atoms with Gasteiger partial charge in [0.15, 0.2) is 5.78 Å². The van der Waals surface area contributed by atoms with Crippen molar-refractivity contribution in [3.8, 4) is 0 Å². The molecule has 1 aliphatic carbocycles. The van der Waals surface area contributed by atoms with Crippen LogP contribution in [-0.2, 0) is 11.2 Å². The van der Waals surface area contributed by atoms with Gasteiger partial charge in [-0.05, 0) is 42.3 Å². The summed E-state index contributed by atoms with van der Waals surface area (Å²) in [6, 6.07) is 14.2. The molecule has 0 fully saturated rings. The first-order valence-electron chi connectivity index (χ1n) is 6.34. The summed E-state index contributed by atoms with van der Waals surface area (Å²) in [5, 5.41) is 3.35. The maximum absolute atomic E-state index is 12.2. The van der Waals surface area contributed by atoms with Gasteiger partial charge in [-0.2, -0.15) is 0 Å². The van der Waals surface area contributed by atoms with Gasteiger partial charge in [0.25, 0.3) is 0 Å². The number of rotatable bonds is 2. The molecule has 2 aromatic carbocycles. The second-order valence-electron chi connectivity index (χ2n) is 4.78. The van der Waals surface area contributed by atoms with Crippen molar-refractivity contribution in [2.24, 2.45) is 5.92 Å². The standard InChI is InChI=1S/C16H12ClNO2/c17-11-6-7-13-10(8-11)9-14(15(13)19)16(20)18-12-4-2-1-3-5-12/h1-8,14H,9H2,(H,18,20). The molecule has 0 heterocycles. The van der Waals surface area contributed by atoms with Gasteiger partial charge in [-0.15, -0.1) is 0 Å². The molecule has 100 valence electrons. The molecule has 1 atom stereocenters. The molecule has 0 aromatic heterocycles. The molecular weight excluding hydrogens is 274 g/mol. The Labute approximate surface area is 121 Å². The molecule has 1 aliphatic rings. The molecule has 1 amide bonds. The lowest BCUT2D eigenvalue weighted by atomic mass is 10.0. The smallest absolute Gasteiger partial charge is 0.235 e. The van der Waals surface area contributed by atoms with Crippen LogP contribution < -0.4 is 5.32 Å². The van der Waals surface area contributed by atoms with Gasteiger partial charge in [0.05, 0.1) is 0 Å². The summed E-state index contributed by atoms with van der Waals surface area (Å²) in [6.07, 6.45) is 0.410. The number of carbonyl (C=O) groups is 2. The molecule has 2 aromatic rings. The molecular formula is C16H12ClNO2. The van der Waals surface area contributed by atoms with Gasteiger partial charge >= 0.3 is 0 Å². The number of para-hydroxylation sites is 1. The van der Waals surface area contributed by atoms with Crippen molar-refractivity contribution >= 4 is 29.0 Å². The largest absolute Gasteiger partial charge is 0.325 e. The van der Waals surface area contributed by atoms with Crippen molar-refractivity contribution in [3.05, 3.63) is 64.7 Å². The predicted molar refractivity (Wildman–Crippen MR) is 78.0 cm³/mol. The van der Waals surface area contributed by atoms with E-state index >= 15 is 0 Å². The van der Waals surface area contributed by atoms with E-state index in [1.54, 1.807) is 30.3 Å². The van der Waals surface area contributed by atoms with E-state index in [1.807, 2.05) is 18.2 Å². The van der Waals surface area contributed by atoms with Gasteiger partial charge < -0.3 is 5.32 Å². The number of fused-ring (bicyclic) bond motifs is 1. The quantitative estimate of drug-likeness (QED) is 0.860. The van der Waals surface area contributed by atoms with Crippen LogP contribution in [0, 0.1) is 5.92 Å². The molecule has 20 heavy (non-hydrogen) atoms. The van der Waals surface area contributed by atoms with Crippen molar-refractivity contribution in [2.75, 3.05) is 5.32 Å². The average molecular weight is 286 g/mol. The summed E-state index contributed by atoms with van der Waals surface area (Å²) in [7, 11) is 0. The highest BCUT2D eigenvalue weighted by Gasteiger charge is 2.35. The van der Waals surface area contributed by atoms with Gasteiger partial charge in [-0.25, -0.2) is 0 Å². The summed E-state index contributed by atoms with van der Waals surface area (Å²) in [5.74, 6) is -1.07. The van der Waals surface area contributed by atoms with Crippen LogP contribution in [-0.4, -0.2) is 11.7 Å². The lowest BCUT2D eigenvalue weighted by Gasteiger charge is -2.09. The summed E-state index contributed by atoms with van der Waals surface area (Å²) in [4.78, 5) is 24.4. The van der Waals surface area contributed by atoms with Crippen LogP contribution in [0.15, 0.2) is 48.5 Å². The number of halogens is 1. The number of ketones is 1. The fraction of sp³-hybridized carbons (Fsp3) is 0.125. The minimum Gasteiger partial charge on any atom is -0.325 e. The molecule has 1 N–H and O–H groups in total. The number of carbonyl (C=O) groups excluding carboxylic acids is 2. The lowest BCUT2D eigenvalue weighted by molar-refractivity contribution is -0.118. The fourth-order valence-corrected chi connectivity index (χ4v) is 2.63. The number of nitrogens with one attached hydrogen (secondary N) is 1. The lowest BCUT2D eigenvalue weighted by Crippen LogP contribution is -2.27. The number of hydrogen-bond donors (Lipinski definition) is 1. The van der Waals surface area contributed by atoms with Crippen LogP contribution in [0.2, 0.25) is 5.02 Å². The highest BCUT2D eigenvalue weighted by atomic mass is 35.5. The van der Waals surface area contributed by atoms with E-state index in [0.717, 1.165) is 5.56 Å². The molecule has 0 spiro atoms. The van der Waals surface area contributed by atoms with Gasteiger partial charge in [0, 0.05) is 16.3 Å². The molecule has 4 heteroatoms. The van der Waals surface area contributed by atoms with Gasteiger partial charge in [0.1, 0.15) is 5.92 Å². The third kappa shape index (κ3) is 2.32. The normalized spacial score (nSPS) is 16.9. The molecule has 0 saturated heterocycles. The van der Waals surface area contributed by atoms with Gasteiger partial charge in [-0.1, -0.05) is 29.8 Å².